The van der Waals surface area contributed by atoms with Crippen molar-refractivity contribution in [1.82, 2.24) is 28.6 Å². The van der Waals surface area contributed by atoms with Crippen LogP contribution < -0.4 is 15.0 Å². The first-order chi connectivity index (χ1) is 19.7. The smallest absolute Gasteiger partial charge is 0.404 e. The SMILES string of the molecule is CN1CCN(CC(=O)Nc2cc(C(=O)Cc3nnc(N4CCN(S(=O)(=O)N(C)C)CC4)s3)ccc2OC(F)(F)F)CC1. The largest absolute Gasteiger partial charge is 0.573 e. The fraction of sp³-hybridized carbons (Fsp3) is 0.583. The Kier molecular flexibility index (Phi) is 10.0. The Bertz CT molecular complexity index is 1370. The molecule has 0 atom stereocenters. The lowest BCUT2D eigenvalue weighted by Gasteiger charge is -2.34. The number of amides is 1. The van der Waals surface area contributed by atoms with Crippen molar-refractivity contribution < 1.29 is 35.9 Å². The molecule has 2 aromatic rings. The topological polar surface area (TPSA) is 132 Å². The fourth-order valence-electron chi connectivity index (χ4n) is 4.44. The van der Waals surface area contributed by atoms with E-state index in [1.54, 1.807) is 0 Å². The Morgan fingerprint density at radius 1 is 1.05 bits per heavy atom. The highest BCUT2D eigenvalue weighted by Gasteiger charge is 2.33. The summed E-state index contributed by atoms with van der Waals surface area (Å²) in [4.78, 5) is 31.6. The molecule has 2 fully saturated rings. The number of aromatic nitrogens is 2. The number of piperazine rings is 2. The van der Waals surface area contributed by atoms with Gasteiger partial charge in [0.25, 0.3) is 10.2 Å². The second-order valence-electron chi connectivity index (χ2n) is 10.1. The molecule has 2 aliphatic heterocycles. The minimum atomic E-state index is -4.99. The predicted molar refractivity (Wildman–Crippen MR) is 150 cm³/mol. The Balaban J connectivity index is 1.41. The molecule has 4 rings (SSSR count). The zero-order valence-electron chi connectivity index (χ0n) is 23.4. The van der Waals surface area contributed by atoms with Gasteiger partial charge in [0.1, 0.15) is 5.01 Å². The monoisotopic (exact) mass is 634 g/mol. The first-order valence-corrected chi connectivity index (χ1v) is 15.3. The summed E-state index contributed by atoms with van der Waals surface area (Å²) in [5.41, 5.74) is -0.195. The Morgan fingerprint density at radius 3 is 2.33 bits per heavy atom. The Morgan fingerprint density at radius 2 is 1.71 bits per heavy atom. The van der Waals surface area contributed by atoms with Crippen molar-refractivity contribution in [3.05, 3.63) is 28.8 Å². The molecule has 2 saturated heterocycles. The maximum atomic E-state index is 13.1. The lowest BCUT2D eigenvalue weighted by atomic mass is 10.1. The molecule has 0 spiro atoms. The van der Waals surface area contributed by atoms with Crippen LogP contribution in [0.3, 0.4) is 0 Å². The highest BCUT2D eigenvalue weighted by atomic mass is 32.2. The highest BCUT2D eigenvalue weighted by Crippen LogP contribution is 2.32. The first kappa shape index (κ1) is 32.0. The van der Waals surface area contributed by atoms with Gasteiger partial charge in [-0.2, -0.15) is 17.0 Å². The average Bonchev–Trinajstić information content (AvgIpc) is 3.38. The van der Waals surface area contributed by atoms with Crippen molar-refractivity contribution in [2.24, 2.45) is 0 Å². The van der Waals surface area contributed by atoms with Gasteiger partial charge in [-0.15, -0.1) is 23.4 Å². The van der Waals surface area contributed by atoms with Gasteiger partial charge in [0.05, 0.1) is 18.7 Å². The summed E-state index contributed by atoms with van der Waals surface area (Å²) in [6, 6.07) is 3.36. The lowest BCUT2D eigenvalue weighted by molar-refractivity contribution is -0.274. The summed E-state index contributed by atoms with van der Waals surface area (Å²) in [7, 11) is 1.38. The van der Waals surface area contributed by atoms with Gasteiger partial charge in [-0.1, -0.05) is 11.3 Å². The number of Topliss-reactive ketones (excluding diaryl/α,β-unsaturated/α-hetero) is 1. The van der Waals surface area contributed by atoms with Crippen LogP contribution in [0.2, 0.25) is 0 Å². The average molecular weight is 635 g/mol. The number of alkyl halides is 3. The molecule has 0 aliphatic carbocycles. The molecule has 1 aromatic carbocycles. The minimum Gasteiger partial charge on any atom is -0.404 e. The third-order valence-electron chi connectivity index (χ3n) is 6.83. The van der Waals surface area contributed by atoms with Gasteiger partial charge >= 0.3 is 6.36 Å². The van der Waals surface area contributed by atoms with E-state index in [-0.39, 0.29) is 37.3 Å². The molecule has 0 unspecified atom stereocenters. The molecule has 0 radical (unpaired) electrons. The van der Waals surface area contributed by atoms with Crippen molar-refractivity contribution in [3.63, 3.8) is 0 Å². The van der Waals surface area contributed by atoms with Gasteiger partial charge in [0.15, 0.2) is 11.5 Å². The quantitative estimate of drug-likeness (QED) is 0.378. The van der Waals surface area contributed by atoms with Crippen molar-refractivity contribution in [1.29, 1.82) is 0 Å². The van der Waals surface area contributed by atoms with Gasteiger partial charge < -0.3 is 19.9 Å². The summed E-state index contributed by atoms with van der Waals surface area (Å²) in [6.07, 6.45) is -5.16. The van der Waals surface area contributed by atoms with Crippen molar-refractivity contribution in [2.75, 3.05) is 90.3 Å². The molecule has 232 valence electrons. The molecule has 1 amide bonds. The van der Waals surface area contributed by atoms with E-state index in [1.165, 1.54) is 35.8 Å². The zero-order chi connectivity index (χ0) is 30.7. The molecule has 2 aliphatic rings. The maximum Gasteiger partial charge on any atom is 0.573 e. The molecule has 1 N–H and O–H groups in total. The maximum absolute atomic E-state index is 13.1. The number of hydrogen-bond acceptors (Lipinski definition) is 11. The van der Waals surface area contributed by atoms with E-state index < -0.39 is 34.0 Å². The second-order valence-corrected chi connectivity index (χ2v) is 13.3. The molecule has 1 aromatic heterocycles. The predicted octanol–water partition coefficient (Wildman–Crippen LogP) is 0.976. The van der Waals surface area contributed by atoms with E-state index in [9.17, 15) is 31.2 Å². The third kappa shape index (κ3) is 8.35. The lowest BCUT2D eigenvalue weighted by Crippen LogP contribution is -2.51. The zero-order valence-corrected chi connectivity index (χ0v) is 25.1. The standard InChI is InChI=1S/C24H33F3N8O5S2/c1-31(2)42(38,39)35-12-10-34(11-13-35)23-30-29-22(41-23)15-19(36)17-4-5-20(40-24(25,26)27)18(14-17)28-21(37)16-33-8-6-32(3)7-9-33/h4-5,14H,6-13,15-16H2,1-3H3,(H,28,37). The minimum absolute atomic E-state index is 0.0135. The molecular formula is C24H33F3N8O5S2. The Labute approximate surface area is 246 Å². The molecule has 42 heavy (non-hydrogen) atoms. The van der Waals surface area contributed by atoms with Crippen LogP contribution in [-0.2, 0) is 21.4 Å². The summed E-state index contributed by atoms with van der Waals surface area (Å²) >= 11 is 1.18. The van der Waals surface area contributed by atoms with Gasteiger partial charge in [0.2, 0.25) is 11.0 Å². The number of ether oxygens (including phenoxy) is 1. The van der Waals surface area contributed by atoms with E-state index in [2.05, 4.69) is 25.2 Å². The van der Waals surface area contributed by atoms with E-state index in [1.807, 2.05) is 16.8 Å². The van der Waals surface area contributed by atoms with Gasteiger partial charge in [-0.3, -0.25) is 14.5 Å². The number of ketones is 1. The second kappa shape index (κ2) is 13.2. The van der Waals surface area contributed by atoms with Crippen LogP contribution in [0.5, 0.6) is 5.75 Å². The number of likely N-dealkylation sites (N-methyl/N-ethyl adjacent to an activating group) is 1. The number of hydrogen-bond donors (Lipinski definition) is 1. The molecule has 13 nitrogen and oxygen atoms in total. The number of benzene rings is 1. The third-order valence-corrected chi connectivity index (χ3v) is 9.75. The van der Waals surface area contributed by atoms with Crippen molar-refractivity contribution in [3.8, 4) is 5.75 Å². The molecule has 3 heterocycles. The van der Waals surface area contributed by atoms with Crippen molar-refractivity contribution in [2.45, 2.75) is 12.8 Å². The normalized spacial score (nSPS) is 17.9. The number of carbonyl (C=O) groups is 2. The molecular weight excluding hydrogens is 601 g/mol. The summed E-state index contributed by atoms with van der Waals surface area (Å²) < 4.78 is 70.4. The van der Waals surface area contributed by atoms with Gasteiger partial charge in [-0.05, 0) is 25.2 Å². The fourth-order valence-corrected chi connectivity index (χ4v) is 6.41. The number of anilines is 2. The summed E-state index contributed by atoms with van der Waals surface area (Å²) in [5.74, 6) is -1.59. The summed E-state index contributed by atoms with van der Waals surface area (Å²) in [6.45, 7) is 4.13. The number of halogens is 3. The van der Waals surface area contributed by atoms with Crippen LogP contribution in [0.25, 0.3) is 0 Å². The van der Waals surface area contributed by atoms with E-state index >= 15 is 0 Å². The first-order valence-electron chi connectivity index (χ1n) is 13.1. The molecule has 18 heteroatoms. The summed E-state index contributed by atoms with van der Waals surface area (Å²) in [5, 5.41) is 11.6. The van der Waals surface area contributed by atoms with Crippen LogP contribution in [-0.4, -0.2) is 135 Å². The number of carbonyl (C=O) groups excluding carboxylic acids is 2. The van der Waals surface area contributed by atoms with Crippen LogP contribution in [0.1, 0.15) is 15.4 Å². The van der Waals surface area contributed by atoms with Gasteiger partial charge in [-0.25, -0.2) is 0 Å². The van der Waals surface area contributed by atoms with Crippen LogP contribution in [0.15, 0.2) is 18.2 Å². The van der Waals surface area contributed by atoms with E-state index in [4.69, 9.17) is 0 Å². The van der Waals surface area contributed by atoms with Crippen LogP contribution >= 0.6 is 11.3 Å². The van der Waals surface area contributed by atoms with Crippen molar-refractivity contribution >= 4 is 44.1 Å². The molecule has 0 bridgehead atoms. The Hall–Kier alpha value is -2.90. The number of rotatable bonds is 10. The van der Waals surface area contributed by atoms with Crippen LogP contribution in [0, 0.1) is 0 Å². The number of nitrogens with one attached hydrogen (secondary N) is 1. The molecule has 0 saturated carbocycles. The van der Waals surface area contributed by atoms with Crippen LogP contribution in [0.4, 0.5) is 24.0 Å². The van der Waals surface area contributed by atoms with E-state index in [0.717, 1.165) is 29.5 Å². The highest BCUT2D eigenvalue weighted by molar-refractivity contribution is 7.86. The van der Waals surface area contributed by atoms with E-state index in [0.29, 0.717) is 36.3 Å². The van der Waals surface area contributed by atoms with Gasteiger partial charge in [0, 0.05) is 72.0 Å². The number of nitrogens with zero attached hydrogens (tertiary/aromatic N) is 7.